The smallest absolute Gasteiger partial charge is 0.107 e. The van der Waals surface area contributed by atoms with E-state index >= 15 is 0 Å². The van der Waals surface area contributed by atoms with E-state index in [4.69, 9.17) is 4.98 Å². The van der Waals surface area contributed by atoms with Crippen molar-refractivity contribution < 1.29 is 0 Å². The molecule has 1 aromatic rings. The normalized spacial score (nSPS) is 14.1. The molecule has 0 saturated heterocycles. The van der Waals surface area contributed by atoms with Gasteiger partial charge in [0.1, 0.15) is 5.01 Å². The van der Waals surface area contributed by atoms with Gasteiger partial charge in [-0.15, -0.1) is 11.3 Å². The maximum atomic E-state index is 4.86. The lowest BCUT2D eigenvalue weighted by molar-refractivity contribution is 0.400. The van der Waals surface area contributed by atoms with Gasteiger partial charge < -0.3 is 10.2 Å². The molecule has 0 saturated carbocycles. The first-order valence-corrected chi connectivity index (χ1v) is 7.92. The molecular weight excluding hydrogens is 254 g/mol. The molecule has 0 aliphatic heterocycles. The lowest BCUT2D eigenvalue weighted by Gasteiger charge is -2.19. The molecule has 1 heterocycles. The molecular formula is C15H29N3S. The van der Waals surface area contributed by atoms with E-state index in [-0.39, 0.29) is 5.41 Å². The molecule has 0 bridgehead atoms. The van der Waals surface area contributed by atoms with Crippen molar-refractivity contribution in [3.05, 3.63) is 15.6 Å². The second-order valence-electron chi connectivity index (χ2n) is 6.56. The minimum Gasteiger partial charge on any atom is -0.309 e. The summed E-state index contributed by atoms with van der Waals surface area (Å²) in [5.41, 5.74) is 1.37. The van der Waals surface area contributed by atoms with Crippen LogP contribution in [0.15, 0.2) is 0 Å². The average molecular weight is 283 g/mol. The fourth-order valence-corrected chi connectivity index (χ4v) is 3.20. The van der Waals surface area contributed by atoms with E-state index in [1.165, 1.54) is 15.6 Å². The van der Waals surface area contributed by atoms with Crippen LogP contribution in [0, 0.1) is 0 Å². The van der Waals surface area contributed by atoms with Gasteiger partial charge in [0, 0.05) is 29.4 Å². The molecule has 1 atom stereocenters. The lowest BCUT2D eigenvalue weighted by atomic mass is 9.91. The zero-order chi connectivity index (χ0) is 14.6. The van der Waals surface area contributed by atoms with Crippen molar-refractivity contribution in [1.29, 1.82) is 0 Å². The zero-order valence-corrected chi connectivity index (χ0v) is 14.3. The maximum absolute atomic E-state index is 4.86. The summed E-state index contributed by atoms with van der Waals surface area (Å²) in [6, 6.07) is 0.562. The predicted octanol–water partition coefficient (Wildman–Crippen LogP) is 3.39. The van der Waals surface area contributed by atoms with Crippen molar-refractivity contribution in [3.63, 3.8) is 0 Å². The molecule has 1 unspecified atom stereocenters. The topological polar surface area (TPSA) is 28.2 Å². The Balaban J connectivity index is 2.90. The number of hydrogen-bond donors (Lipinski definition) is 1. The molecule has 1 aromatic heterocycles. The average Bonchev–Trinajstić information content (AvgIpc) is 2.67. The van der Waals surface area contributed by atoms with Crippen LogP contribution < -0.4 is 5.32 Å². The monoisotopic (exact) mass is 283 g/mol. The summed E-state index contributed by atoms with van der Waals surface area (Å²) in [6.45, 7) is 13.0. The van der Waals surface area contributed by atoms with E-state index in [1.54, 1.807) is 0 Å². The van der Waals surface area contributed by atoms with Crippen LogP contribution >= 0.6 is 11.3 Å². The van der Waals surface area contributed by atoms with E-state index in [0.717, 1.165) is 19.5 Å². The molecule has 0 aromatic carbocycles. The van der Waals surface area contributed by atoms with Gasteiger partial charge in [0.25, 0.3) is 0 Å². The SMILES string of the molecule is CCC(C)NCc1sc(CN(C)C)nc1C(C)(C)C. The Morgan fingerprint density at radius 3 is 2.42 bits per heavy atom. The maximum Gasteiger partial charge on any atom is 0.107 e. The fourth-order valence-electron chi connectivity index (χ4n) is 1.86. The summed E-state index contributed by atoms with van der Waals surface area (Å²) in [6.07, 6.45) is 1.16. The quantitative estimate of drug-likeness (QED) is 0.867. The third-order valence-corrected chi connectivity index (χ3v) is 4.17. The molecule has 1 N–H and O–H groups in total. The van der Waals surface area contributed by atoms with E-state index in [0.29, 0.717) is 6.04 Å². The van der Waals surface area contributed by atoms with E-state index < -0.39 is 0 Å². The van der Waals surface area contributed by atoms with Crippen LogP contribution in [-0.4, -0.2) is 30.0 Å². The first-order valence-electron chi connectivity index (χ1n) is 7.11. The summed E-state index contributed by atoms with van der Waals surface area (Å²) < 4.78 is 0. The molecule has 110 valence electrons. The number of nitrogens with one attached hydrogen (secondary N) is 1. The van der Waals surface area contributed by atoms with Crippen molar-refractivity contribution in [3.8, 4) is 0 Å². The summed E-state index contributed by atoms with van der Waals surface area (Å²) in [7, 11) is 4.19. The molecule has 4 heteroatoms. The number of rotatable bonds is 6. The van der Waals surface area contributed by atoms with Crippen molar-refractivity contribution in [1.82, 2.24) is 15.2 Å². The minimum absolute atomic E-state index is 0.119. The zero-order valence-electron chi connectivity index (χ0n) is 13.5. The van der Waals surface area contributed by atoms with E-state index in [9.17, 15) is 0 Å². The van der Waals surface area contributed by atoms with E-state index in [2.05, 4.69) is 58.9 Å². The minimum atomic E-state index is 0.119. The Morgan fingerprint density at radius 1 is 1.32 bits per heavy atom. The second-order valence-corrected chi connectivity index (χ2v) is 7.73. The van der Waals surface area contributed by atoms with Gasteiger partial charge in [-0.05, 0) is 27.4 Å². The van der Waals surface area contributed by atoms with Crippen LogP contribution in [0.25, 0.3) is 0 Å². The summed E-state index contributed by atoms with van der Waals surface area (Å²) in [5, 5.41) is 4.80. The molecule has 0 radical (unpaired) electrons. The van der Waals surface area contributed by atoms with Crippen molar-refractivity contribution in [2.45, 2.75) is 65.6 Å². The van der Waals surface area contributed by atoms with E-state index in [1.807, 2.05) is 11.3 Å². The third kappa shape index (κ3) is 5.21. The molecule has 0 amide bonds. The first-order chi connectivity index (χ1) is 8.74. The van der Waals surface area contributed by atoms with Crippen LogP contribution in [0.3, 0.4) is 0 Å². The molecule has 19 heavy (non-hydrogen) atoms. The van der Waals surface area contributed by atoms with Crippen LogP contribution in [0.1, 0.15) is 56.6 Å². The number of aromatic nitrogens is 1. The summed E-state index contributed by atoms with van der Waals surface area (Å²) in [4.78, 5) is 8.43. The van der Waals surface area contributed by atoms with Crippen molar-refractivity contribution in [2.24, 2.45) is 0 Å². The van der Waals surface area contributed by atoms with Gasteiger partial charge >= 0.3 is 0 Å². The fraction of sp³-hybridized carbons (Fsp3) is 0.800. The second kappa shape index (κ2) is 6.82. The molecule has 0 spiro atoms. The van der Waals surface area contributed by atoms with Crippen LogP contribution in [0.5, 0.6) is 0 Å². The van der Waals surface area contributed by atoms with Gasteiger partial charge in [-0.1, -0.05) is 27.7 Å². The van der Waals surface area contributed by atoms with Gasteiger partial charge in [-0.2, -0.15) is 0 Å². The predicted molar refractivity (Wildman–Crippen MR) is 84.8 cm³/mol. The third-order valence-electron chi connectivity index (χ3n) is 3.13. The largest absolute Gasteiger partial charge is 0.309 e. The first kappa shape index (κ1) is 16.6. The molecule has 0 aliphatic carbocycles. The van der Waals surface area contributed by atoms with Gasteiger partial charge in [-0.3, -0.25) is 0 Å². The molecule has 1 rings (SSSR count). The highest BCUT2D eigenvalue weighted by Gasteiger charge is 2.23. The highest BCUT2D eigenvalue weighted by Crippen LogP contribution is 2.30. The highest BCUT2D eigenvalue weighted by atomic mass is 32.1. The lowest BCUT2D eigenvalue weighted by Crippen LogP contribution is -2.25. The highest BCUT2D eigenvalue weighted by molar-refractivity contribution is 7.11. The van der Waals surface area contributed by atoms with Crippen LogP contribution in [-0.2, 0) is 18.5 Å². The standard InChI is InChI=1S/C15H29N3S/c1-8-11(2)16-9-12-14(15(3,4)5)17-13(19-12)10-18(6)7/h11,16H,8-10H2,1-7H3. The molecule has 3 nitrogen and oxygen atoms in total. The number of nitrogens with zero attached hydrogens (tertiary/aromatic N) is 2. The van der Waals surface area contributed by atoms with Gasteiger partial charge in [0.2, 0.25) is 0 Å². The number of thiazole rings is 1. The van der Waals surface area contributed by atoms with Crippen LogP contribution in [0.4, 0.5) is 0 Å². The Kier molecular flexibility index (Phi) is 5.96. The summed E-state index contributed by atoms with van der Waals surface area (Å²) in [5.74, 6) is 0. The van der Waals surface area contributed by atoms with Gasteiger partial charge in [0.15, 0.2) is 0 Å². The van der Waals surface area contributed by atoms with Gasteiger partial charge in [0.05, 0.1) is 5.69 Å². The Hall–Kier alpha value is -0.450. The Bertz CT molecular complexity index is 391. The Morgan fingerprint density at radius 2 is 1.95 bits per heavy atom. The van der Waals surface area contributed by atoms with Crippen molar-refractivity contribution >= 4 is 11.3 Å². The van der Waals surface area contributed by atoms with Crippen molar-refractivity contribution in [2.75, 3.05) is 14.1 Å². The Labute approximate surface area is 122 Å². The van der Waals surface area contributed by atoms with Crippen LogP contribution in [0.2, 0.25) is 0 Å². The molecule has 0 aliphatic rings. The van der Waals surface area contributed by atoms with Gasteiger partial charge in [-0.25, -0.2) is 4.98 Å². The molecule has 0 fully saturated rings. The summed E-state index contributed by atoms with van der Waals surface area (Å²) >= 11 is 1.85. The number of hydrogen-bond acceptors (Lipinski definition) is 4.